The Morgan fingerprint density at radius 3 is 2.54 bits per heavy atom. The Morgan fingerprint density at radius 1 is 1.38 bits per heavy atom. The van der Waals surface area contributed by atoms with E-state index < -0.39 is 28.6 Å². The van der Waals surface area contributed by atoms with E-state index in [2.05, 4.69) is 4.74 Å². The molecular weight excluding hydrogens is 258 g/mol. The average Bonchev–Trinajstić information content (AvgIpc) is 2.03. The van der Waals surface area contributed by atoms with Gasteiger partial charge in [-0.3, -0.25) is 0 Å². The van der Waals surface area contributed by atoms with Crippen LogP contribution in [-0.4, -0.2) is 6.61 Å². The van der Waals surface area contributed by atoms with Crippen LogP contribution in [0, 0.1) is 5.82 Å². The van der Waals surface area contributed by atoms with Gasteiger partial charge in [-0.2, -0.15) is 0 Å². The van der Waals surface area contributed by atoms with Gasteiger partial charge in [-0.1, -0.05) is 0 Å². The number of alkyl halides is 2. The Hall–Kier alpha value is -0.277. The minimum absolute atomic E-state index is 0.177. The van der Waals surface area contributed by atoms with Crippen LogP contribution >= 0.6 is 9.69 Å². The van der Waals surface area contributed by atoms with Crippen molar-refractivity contribution in [2.24, 2.45) is 0 Å². The van der Waals surface area contributed by atoms with Crippen LogP contribution < -0.4 is 8.89 Å². The third-order valence-electron chi connectivity index (χ3n) is 1.39. The van der Waals surface area contributed by atoms with Gasteiger partial charge in [0, 0.05) is 0 Å². The van der Waals surface area contributed by atoms with Gasteiger partial charge in [0.1, 0.15) is 0 Å². The topological polar surface area (TPSA) is 9.23 Å². The van der Waals surface area contributed by atoms with Crippen LogP contribution in [-0.2, 0) is 16.1 Å². The summed E-state index contributed by atoms with van der Waals surface area (Å²) in [4.78, 5) is 0. The normalized spacial score (nSPS) is 9.92. The summed E-state index contributed by atoms with van der Waals surface area (Å²) < 4.78 is 40.7. The monoisotopic (exact) mass is 260 g/mol. The van der Waals surface area contributed by atoms with Gasteiger partial charge in [-0.05, 0) is 0 Å². The van der Waals surface area contributed by atoms with E-state index in [0.29, 0.717) is 4.16 Å². The van der Waals surface area contributed by atoms with Gasteiger partial charge in [-0.25, -0.2) is 0 Å². The van der Waals surface area contributed by atoms with Crippen molar-refractivity contribution in [3.63, 3.8) is 0 Å². The Bertz CT molecular complexity index is 295. The minimum atomic E-state index is -2.93. The molecular formula is C7H4ClF3OZn. The first-order valence-corrected chi connectivity index (χ1v) is 8.81. The number of ether oxygens (including phenoxy) is 1. The molecule has 0 aliphatic carbocycles. The average molecular weight is 262 g/mol. The van der Waals surface area contributed by atoms with Gasteiger partial charge in [0.15, 0.2) is 0 Å². The molecule has 1 aromatic carbocycles. The zero-order valence-electron chi connectivity index (χ0n) is 6.44. The zero-order valence-corrected chi connectivity index (χ0v) is 10.2. The third-order valence-corrected chi connectivity index (χ3v) is 4.70. The van der Waals surface area contributed by atoms with Crippen LogP contribution in [0.15, 0.2) is 18.2 Å². The van der Waals surface area contributed by atoms with Crippen LogP contribution in [0.3, 0.4) is 0 Å². The molecule has 0 fully saturated rings. The fourth-order valence-electron chi connectivity index (χ4n) is 0.813. The van der Waals surface area contributed by atoms with Gasteiger partial charge >= 0.3 is 84.3 Å². The molecule has 0 N–H and O–H groups in total. The molecule has 0 unspecified atom stereocenters. The second-order valence-corrected chi connectivity index (χ2v) is 5.81. The van der Waals surface area contributed by atoms with E-state index in [1.54, 1.807) is 0 Å². The SMILES string of the molecule is Fc1cc(OC(F)F)cc[c]1[Zn][Cl]. The Morgan fingerprint density at radius 2 is 2.08 bits per heavy atom. The molecule has 0 aromatic heterocycles. The first kappa shape index (κ1) is 10.8. The van der Waals surface area contributed by atoms with Crippen LogP contribution in [0.1, 0.15) is 0 Å². The van der Waals surface area contributed by atoms with Crippen LogP contribution in [0.5, 0.6) is 5.75 Å². The second-order valence-electron chi connectivity index (χ2n) is 2.27. The molecule has 0 heterocycles. The van der Waals surface area contributed by atoms with E-state index in [9.17, 15) is 13.2 Å². The van der Waals surface area contributed by atoms with Crippen LogP contribution in [0.2, 0.25) is 0 Å². The molecule has 0 saturated carbocycles. The summed E-state index contributed by atoms with van der Waals surface area (Å²) in [6.07, 6.45) is 0. The molecule has 0 aliphatic rings. The number of halogens is 4. The van der Waals surface area contributed by atoms with Gasteiger partial charge in [0.05, 0.1) is 0 Å². The molecule has 68 valence electrons. The van der Waals surface area contributed by atoms with E-state index in [0.717, 1.165) is 6.07 Å². The van der Waals surface area contributed by atoms with E-state index in [-0.39, 0.29) is 5.75 Å². The maximum atomic E-state index is 12.9. The van der Waals surface area contributed by atoms with Crippen molar-refractivity contribution in [3.8, 4) is 5.75 Å². The molecule has 0 saturated heterocycles. The molecule has 1 rings (SSSR count). The van der Waals surface area contributed by atoms with Crippen molar-refractivity contribution >= 4 is 13.8 Å². The summed E-state index contributed by atoms with van der Waals surface area (Å²) in [5, 5.41) is 0. The molecule has 1 nitrogen and oxygen atoms in total. The summed E-state index contributed by atoms with van der Waals surface area (Å²) in [5.41, 5.74) is 0. The van der Waals surface area contributed by atoms with Gasteiger partial charge in [0.2, 0.25) is 0 Å². The predicted molar refractivity (Wildman–Crippen MR) is 38.5 cm³/mol. The number of hydrogen-bond acceptors (Lipinski definition) is 1. The van der Waals surface area contributed by atoms with Gasteiger partial charge < -0.3 is 0 Å². The first-order valence-electron chi connectivity index (χ1n) is 3.42. The molecule has 0 bridgehead atoms. The van der Waals surface area contributed by atoms with E-state index in [1.807, 2.05) is 0 Å². The molecule has 1 aromatic rings. The van der Waals surface area contributed by atoms with E-state index >= 15 is 0 Å². The molecule has 0 atom stereocenters. The van der Waals surface area contributed by atoms with Crippen molar-refractivity contribution in [2.45, 2.75) is 6.61 Å². The molecule has 13 heavy (non-hydrogen) atoms. The molecule has 0 aliphatic heterocycles. The molecule has 6 heteroatoms. The zero-order chi connectivity index (χ0) is 9.84. The summed E-state index contributed by atoms with van der Waals surface area (Å²) in [7, 11) is 5.55. The maximum absolute atomic E-state index is 12.9. The fraction of sp³-hybridized carbons (Fsp3) is 0.143. The van der Waals surface area contributed by atoms with E-state index in [1.165, 1.54) is 12.1 Å². The van der Waals surface area contributed by atoms with Crippen LogP contribution in [0.4, 0.5) is 13.2 Å². The second kappa shape index (κ2) is 4.82. The van der Waals surface area contributed by atoms with Gasteiger partial charge in [-0.15, -0.1) is 0 Å². The van der Waals surface area contributed by atoms with Gasteiger partial charge in [0.25, 0.3) is 0 Å². The Labute approximate surface area is 84.5 Å². The summed E-state index contributed by atoms with van der Waals surface area (Å²) >= 11 is -1.52. The van der Waals surface area contributed by atoms with Crippen molar-refractivity contribution in [3.05, 3.63) is 24.0 Å². The predicted octanol–water partition coefficient (Wildman–Crippen LogP) is 2.29. The Kier molecular flexibility index (Phi) is 4.01. The first-order chi connectivity index (χ1) is 6.13. The quantitative estimate of drug-likeness (QED) is 0.759. The summed E-state index contributed by atoms with van der Waals surface area (Å²) in [6, 6.07) is 3.60. The van der Waals surface area contributed by atoms with E-state index in [4.69, 9.17) is 9.69 Å². The fourth-order valence-corrected chi connectivity index (χ4v) is 2.85. The van der Waals surface area contributed by atoms with Crippen molar-refractivity contribution in [1.82, 2.24) is 0 Å². The number of benzene rings is 1. The summed E-state index contributed by atoms with van der Waals surface area (Å²) in [6.45, 7) is -2.93. The number of rotatable bonds is 3. The molecule has 0 amide bonds. The standard InChI is InChI=1S/C7H4F3O.ClH.Zn/c8-5-2-1-3-6(4-5)11-7(9)10;;/h1,3-4,7H;1H;/q;;+1/p-1. The molecule has 0 radical (unpaired) electrons. The Balaban J connectivity index is 2.83. The molecule has 0 spiro atoms. The number of hydrogen-bond donors (Lipinski definition) is 0. The van der Waals surface area contributed by atoms with Crippen molar-refractivity contribution < 1.29 is 34.0 Å². The third kappa shape index (κ3) is 3.16. The van der Waals surface area contributed by atoms with Crippen molar-refractivity contribution in [2.75, 3.05) is 0 Å². The van der Waals surface area contributed by atoms with Crippen LogP contribution in [0.25, 0.3) is 0 Å². The summed E-state index contributed by atoms with van der Waals surface area (Å²) in [5.74, 6) is -0.739. The van der Waals surface area contributed by atoms with Crippen molar-refractivity contribution in [1.29, 1.82) is 0 Å².